The summed E-state index contributed by atoms with van der Waals surface area (Å²) in [6, 6.07) is 12.4. The van der Waals surface area contributed by atoms with Crippen LogP contribution in [0.3, 0.4) is 0 Å². The average molecular weight is 340 g/mol. The number of nitrogens with zero attached hydrogens (tertiary/aromatic N) is 1. The van der Waals surface area contributed by atoms with Crippen LogP contribution in [-0.2, 0) is 0 Å². The van der Waals surface area contributed by atoms with Crippen molar-refractivity contribution >= 4 is 33.4 Å². The molecule has 0 aliphatic heterocycles. The van der Waals surface area contributed by atoms with E-state index in [1.165, 1.54) is 31.0 Å². The molecule has 2 aromatic carbocycles. The van der Waals surface area contributed by atoms with Crippen LogP contribution in [0.1, 0.15) is 0 Å². The van der Waals surface area contributed by atoms with Gasteiger partial charge in [0, 0.05) is 15.4 Å². The van der Waals surface area contributed by atoms with Gasteiger partial charge in [-0.15, -0.1) is 0 Å². The average Bonchev–Trinajstić information content (AvgIpc) is 2.41. The van der Waals surface area contributed by atoms with Crippen molar-refractivity contribution < 1.29 is 9.66 Å². The van der Waals surface area contributed by atoms with Gasteiger partial charge in [-0.25, -0.2) is 0 Å². The third-order valence-corrected chi connectivity index (χ3v) is 3.99. The monoisotopic (exact) mass is 339 g/mol. The second kappa shape index (κ2) is 6.08. The number of nitro groups is 1. The van der Waals surface area contributed by atoms with Gasteiger partial charge in [0.25, 0.3) is 5.69 Å². The van der Waals surface area contributed by atoms with Crippen LogP contribution < -0.4 is 4.74 Å². The van der Waals surface area contributed by atoms with Gasteiger partial charge in [-0.2, -0.15) is 0 Å². The largest absolute Gasteiger partial charge is 0.495 e. The van der Waals surface area contributed by atoms with Gasteiger partial charge >= 0.3 is 0 Å². The van der Waals surface area contributed by atoms with Crippen molar-refractivity contribution in [3.63, 3.8) is 0 Å². The number of nitro benzene ring substituents is 1. The van der Waals surface area contributed by atoms with Gasteiger partial charge in [0.1, 0.15) is 5.75 Å². The minimum atomic E-state index is -0.434. The van der Waals surface area contributed by atoms with E-state index in [-0.39, 0.29) is 5.69 Å². The second-order valence-corrected chi connectivity index (χ2v) is 5.68. The number of hydrogen-bond donors (Lipinski definition) is 0. The topological polar surface area (TPSA) is 52.4 Å². The van der Waals surface area contributed by atoms with Crippen molar-refractivity contribution in [1.29, 1.82) is 0 Å². The molecule has 0 heterocycles. The molecule has 2 rings (SSSR count). The first-order valence-corrected chi connectivity index (χ1v) is 6.97. The summed E-state index contributed by atoms with van der Waals surface area (Å²) in [7, 11) is 1.50. The van der Waals surface area contributed by atoms with E-state index in [0.717, 1.165) is 14.3 Å². The summed E-state index contributed by atoms with van der Waals surface area (Å²) in [5.74, 6) is 0.502. The molecule has 0 bridgehead atoms. The molecular weight excluding hydrogens is 330 g/mol. The fraction of sp³-hybridized carbons (Fsp3) is 0.0769. The van der Waals surface area contributed by atoms with Crippen molar-refractivity contribution in [3.05, 3.63) is 57.1 Å². The molecule has 2 aromatic rings. The van der Waals surface area contributed by atoms with Crippen molar-refractivity contribution in [2.75, 3.05) is 7.11 Å². The number of benzene rings is 2. The molecule has 0 aromatic heterocycles. The van der Waals surface area contributed by atoms with Gasteiger partial charge in [0.15, 0.2) is 0 Å². The summed E-state index contributed by atoms with van der Waals surface area (Å²) in [5, 5.41) is 10.7. The van der Waals surface area contributed by atoms with Crippen LogP contribution in [0.2, 0.25) is 0 Å². The molecule has 6 heteroatoms. The van der Waals surface area contributed by atoms with E-state index in [9.17, 15) is 10.1 Å². The van der Waals surface area contributed by atoms with Gasteiger partial charge in [-0.1, -0.05) is 27.7 Å². The van der Waals surface area contributed by atoms with Crippen LogP contribution in [0.4, 0.5) is 5.69 Å². The molecule has 0 radical (unpaired) electrons. The van der Waals surface area contributed by atoms with Gasteiger partial charge in [0.05, 0.1) is 23.0 Å². The molecule has 0 N–H and O–H groups in total. The van der Waals surface area contributed by atoms with Crippen LogP contribution in [0.15, 0.2) is 56.7 Å². The number of rotatable bonds is 4. The Labute approximate surface area is 123 Å². The molecule has 19 heavy (non-hydrogen) atoms. The fourth-order valence-corrected chi connectivity index (χ4v) is 2.65. The van der Waals surface area contributed by atoms with Crippen molar-refractivity contribution in [2.45, 2.75) is 9.79 Å². The van der Waals surface area contributed by atoms with E-state index in [4.69, 9.17) is 4.74 Å². The van der Waals surface area contributed by atoms with Gasteiger partial charge in [-0.05, 0) is 30.3 Å². The van der Waals surface area contributed by atoms with Crippen molar-refractivity contribution in [1.82, 2.24) is 0 Å². The Morgan fingerprint density at radius 3 is 2.47 bits per heavy atom. The lowest BCUT2D eigenvalue weighted by Crippen LogP contribution is -1.91. The van der Waals surface area contributed by atoms with Crippen LogP contribution in [-0.4, -0.2) is 12.0 Å². The summed E-state index contributed by atoms with van der Waals surface area (Å²) in [6.45, 7) is 0. The maximum atomic E-state index is 10.7. The molecule has 0 aliphatic rings. The molecule has 0 saturated carbocycles. The van der Waals surface area contributed by atoms with Crippen LogP contribution >= 0.6 is 27.7 Å². The maximum absolute atomic E-state index is 10.7. The number of methoxy groups -OCH3 is 1. The Kier molecular flexibility index (Phi) is 4.44. The minimum absolute atomic E-state index is 0.0250. The zero-order chi connectivity index (χ0) is 13.8. The Morgan fingerprint density at radius 1 is 1.21 bits per heavy atom. The summed E-state index contributed by atoms with van der Waals surface area (Å²) in [5.41, 5.74) is 0.0250. The number of halogens is 1. The van der Waals surface area contributed by atoms with Gasteiger partial charge < -0.3 is 4.74 Å². The Morgan fingerprint density at radius 2 is 1.89 bits per heavy atom. The predicted octanol–water partition coefficient (Wildman–Crippen LogP) is 4.52. The molecule has 0 unspecified atom stereocenters. The van der Waals surface area contributed by atoms with Crippen molar-refractivity contribution in [3.8, 4) is 5.75 Å². The van der Waals surface area contributed by atoms with E-state index in [0.29, 0.717) is 5.75 Å². The van der Waals surface area contributed by atoms with Crippen LogP contribution in [0.25, 0.3) is 0 Å². The molecule has 0 amide bonds. The lowest BCUT2D eigenvalue weighted by atomic mass is 10.3. The summed E-state index contributed by atoms with van der Waals surface area (Å²) >= 11 is 4.88. The maximum Gasteiger partial charge on any atom is 0.273 e. The van der Waals surface area contributed by atoms with Gasteiger partial charge in [0.2, 0.25) is 0 Å². The Balaban J connectivity index is 2.29. The first kappa shape index (κ1) is 13.9. The number of non-ortho nitro benzene ring substituents is 1. The highest BCUT2D eigenvalue weighted by Gasteiger charge is 2.12. The Bertz CT molecular complexity index is 601. The molecule has 0 atom stereocenters. The lowest BCUT2D eigenvalue weighted by Gasteiger charge is -2.07. The quantitative estimate of drug-likeness (QED) is 0.607. The van der Waals surface area contributed by atoms with E-state index < -0.39 is 4.92 Å². The molecule has 0 aliphatic carbocycles. The third-order valence-electron chi connectivity index (χ3n) is 2.40. The second-order valence-electron chi connectivity index (χ2n) is 3.65. The molecular formula is C13H10BrNO3S. The molecule has 0 saturated heterocycles. The number of ether oxygens (including phenoxy) is 1. The normalized spacial score (nSPS) is 10.2. The third kappa shape index (κ3) is 3.48. The van der Waals surface area contributed by atoms with E-state index in [1.807, 2.05) is 24.3 Å². The fourth-order valence-electron chi connectivity index (χ4n) is 1.48. The SMILES string of the molecule is COc1cc([N+](=O)[O-])ccc1Sc1ccc(Br)cc1. The highest BCUT2D eigenvalue weighted by Crippen LogP contribution is 2.37. The van der Waals surface area contributed by atoms with E-state index >= 15 is 0 Å². The van der Waals surface area contributed by atoms with Crippen molar-refractivity contribution in [2.24, 2.45) is 0 Å². The zero-order valence-corrected chi connectivity index (χ0v) is 12.4. The summed E-state index contributed by atoms with van der Waals surface area (Å²) in [6.07, 6.45) is 0. The standard InChI is InChI=1S/C13H10BrNO3S/c1-18-12-8-10(15(16)17)4-7-13(12)19-11-5-2-9(14)3-6-11/h2-8H,1H3. The predicted molar refractivity (Wildman–Crippen MR) is 77.9 cm³/mol. The molecule has 98 valence electrons. The first-order chi connectivity index (χ1) is 9.10. The lowest BCUT2D eigenvalue weighted by molar-refractivity contribution is -0.385. The smallest absolute Gasteiger partial charge is 0.273 e. The molecule has 0 fully saturated rings. The minimum Gasteiger partial charge on any atom is -0.495 e. The Hall–Kier alpha value is -1.53. The van der Waals surface area contributed by atoms with E-state index in [1.54, 1.807) is 6.07 Å². The highest BCUT2D eigenvalue weighted by atomic mass is 79.9. The van der Waals surface area contributed by atoms with Crippen LogP contribution in [0, 0.1) is 10.1 Å². The highest BCUT2D eigenvalue weighted by molar-refractivity contribution is 9.10. The van der Waals surface area contributed by atoms with Crippen LogP contribution in [0.5, 0.6) is 5.75 Å². The first-order valence-electron chi connectivity index (χ1n) is 5.36. The van der Waals surface area contributed by atoms with Gasteiger partial charge in [-0.3, -0.25) is 10.1 Å². The summed E-state index contributed by atoms with van der Waals surface area (Å²) < 4.78 is 6.20. The zero-order valence-electron chi connectivity index (χ0n) is 10.00. The number of hydrogen-bond acceptors (Lipinski definition) is 4. The molecule has 4 nitrogen and oxygen atoms in total. The van der Waals surface area contributed by atoms with E-state index in [2.05, 4.69) is 15.9 Å². The molecule has 0 spiro atoms. The summed E-state index contributed by atoms with van der Waals surface area (Å²) in [4.78, 5) is 12.2.